The molecule has 1 N–H and O–H groups in total. The van der Waals surface area contributed by atoms with Crippen LogP contribution in [0.25, 0.3) is 0 Å². The predicted molar refractivity (Wildman–Crippen MR) is 72.3 cm³/mol. The van der Waals surface area contributed by atoms with Crippen LogP contribution in [-0.2, 0) is 0 Å². The summed E-state index contributed by atoms with van der Waals surface area (Å²) in [6.07, 6.45) is 2.84. The smallest absolute Gasteiger partial charge is 0.157 e. The molecule has 1 aromatic heterocycles. The van der Waals surface area contributed by atoms with Crippen LogP contribution in [-0.4, -0.2) is 17.0 Å². The number of rotatable bonds is 3. The average molecular weight is 252 g/mol. The van der Waals surface area contributed by atoms with E-state index in [1.165, 1.54) is 17.7 Å². The number of nitrogens with one attached hydrogen (secondary N) is 1. The lowest BCUT2D eigenvalue weighted by molar-refractivity contribution is 0.734. The normalized spacial score (nSPS) is 26.6. The minimum atomic E-state index is 0.393. The molecule has 0 spiro atoms. The van der Waals surface area contributed by atoms with Gasteiger partial charge in [-0.05, 0) is 37.1 Å². The average Bonchev–Trinajstić information content (AvgIpc) is 2.82. The second-order valence-corrected chi connectivity index (χ2v) is 6.73. The molecule has 0 aromatic carbocycles. The van der Waals surface area contributed by atoms with E-state index in [1.807, 2.05) is 23.1 Å². The molecule has 4 heteroatoms. The molecule has 2 unspecified atom stereocenters. The highest BCUT2D eigenvalue weighted by Crippen LogP contribution is 2.41. The molecule has 2 aliphatic rings. The zero-order valence-corrected chi connectivity index (χ0v) is 11.0. The monoisotopic (exact) mass is 252 g/mol. The van der Waals surface area contributed by atoms with Gasteiger partial charge in [0, 0.05) is 10.1 Å². The Bertz CT molecular complexity index is 382. The Kier molecular flexibility index (Phi) is 2.94. The standard InChI is InChI=1S/C12H16N2S2/c1-8(10-3-2-6-15-10)14-12-13-7-11(16-12)9-4-5-9/h2-3,6,8-9,11H,4-5,7H2,1H3,(H,13,14). The number of hydrogen-bond donors (Lipinski definition) is 1. The first-order valence-electron chi connectivity index (χ1n) is 5.84. The predicted octanol–water partition coefficient (Wildman–Crippen LogP) is 3.28. The van der Waals surface area contributed by atoms with Crippen LogP contribution in [0.5, 0.6) is 0 Å². The van der Waals surface area contributed by atoms with Gasteiger partial charge in [0.1, 0.15) is 0 Å². The molecule has 1 saturated carbocycles. The van der Waals surface area contributed by atoms with Gasteiger partial charge in [-0.3, -0.25) is 4.99 Å². The number of nitrogens with zero attached hydrogens (tertiary/aromatic N) is 1. The third kappa shape index (κ3) is 2.28. The molecular weight excluding hydrogens is 236 g/mol. The van der Waals surface area contributed by atoms with Crippen LogP contribution in [0, 0.1) is 5.92 Å². The van der Waals surface area contributed by atoms with Gasteiger partial charge in [0.15, 0.2) is 5.17 Å². The lowest BCUT2D eigenvalue weighted by Gasteiger charge is -2.13. The highest BCUT2D eigenvalue weighted by atomic mass is 32.2. The van der Waals surface area contributed by atoms with Crippen molar-refractivity contribution in [1.82, 2.24) is 5.32 Å². The molecule has 0 saturated heterocycles. The van der Waals surface area contributed by atoms with E-state index < -0.39 is 0 Å². The van der Waals surface area contributed by atoms with Gasteiger partial charge >= 0.3 is 0 Å². The fourth-order valence-electron chi connectivity index (χ4n) is 1.98. The van der Waals surface area contributed by atoms with Crippen LogP contribution in [0.3, 0.4) is 0 Å². The maximum Gasteiger partial charge on any atom is 0.157 e. The number of amidine groups is 1. The van der Waals surface area contributed by atoms with Crippen molar-refractivity contribution in [2.75, 3.05) is 6.54 Å². The number of thioether (sulfide) groups is 1. The molecule has 3 rings (SSSR count). The molecule has 86 valence electrons. The molecule has 1 fully saturated rings. The van der Waals surface area contributed by atoms with Gasteiger partial charge in [-0.15, -0.1) is 11.3 Å². The van der Waals surface area contributed by atoms with Crippen LogP contribution in [0.2, 0.25) is 0 Å². The van der Waals surface area contributed by atoms with Crippen molar-refractivity contribution in [3.63, 3.8) is 0 Å². The Hall–Kier alpha value is -0.480. The maximum atomic E-state index is 4.60. The third-order valence-electron chi connectivity index (χ3n) is 3.14. The molecule has 0 bridgehead atoms. The van der Waals surface area contributed by atoms with Crippen LogP contribution >= 0.6 is 23.1 Å². The van der Waals surface area contributed by atoms with Gasteiger partial charge in [-0.2, -0.15) is 0 Å². The quantitative estimate of drug-likeness (QED) is 0.893. The van der Waals surface area contributed by atoms with Gasteiger partial charge in [-0.1, -0.05) is 17.8 Å². The first-order chi connectivity index (χ1) is 7.83. The molecule has 2 heterocycles. The van der Waals surface area contributed by atoms with E-state index in [-0.39, 0.29) is 0 Å². The Balaban J connectivity index is 1.55. The second-order valence-electron chi connectivity index (χ2n) is 4.52. The summed E-state index contributed by atoms with van der Waals surface area (Å²) >= 11 is 3.76. The zero-order valence-electron chi connectivity index (χ0n) is 9.35. The summed E-state index contributed by atoms with van der Waals surface area (Å²) in [6.45, 7) is 3.23. The summed E-state index contributed by atoms with van der Waals surface area (Å²) in [5.41, 5.74) is 0. The van der Waals surface area contributed by atoms with Crippen LogP contribution in [0.1, 0.15) is 30.7 Å². The Morgan fingerprint density at radius 3 is 3.06 bits per heavy atom. The summed E-state index contributed by atoms with van der Waals surface area (Å²) < 4.78 is 0. The van der Waals surface area contributed by atoms with Crippen molar-refractivity contribution in [2.45, 2.75) is 31.1 Å². The molecule has 2 atom stereocenters. The molecule has 0 amide bonds. The van der Waals surface area contributed by atoms with Gasteiger partial charge in [-0.25, -0.2) is 0 Å². The Morgan fingerprint density at radius 2 is 2.38 bits per heavy atom. The third-order valence-corrected chi connectivity index (χ3v) is 5.50. The Morgan fingerprint density at radius 1 is 1.50 bits per heavy atom. The van der Waals surface area contributed by atoms with Crippen molar-refractivity contribution >= 4 is 28.3 Å². The highest BCUT2D eigenvalue weighted by Gasteiger charge is 2.35. The summed E-state index contributed by atoms with van der Waals surface area (Å²) in [7, 11) is 0. The van der Waals surface area contributed by atoms with E-state index in [1.54, 1.807) is 0 Å². The van der Waals surface area contributed by atoms with Crippen molar-refractivity contribution in [1.29, 1.82) is 0 Å². The molecule has 16 heavy (non-hydrogen) atoms. The summed E-state index contributed by atoms with van der Waals surface area (Å²) in [4.78, 5) is 5.99. The van der Waals surface area contributed by atoms with Gasteiger partial charge in [0.05, 0.1) is 12.6 Å². The summed E-state index contributed by atoms with van der Waals surface area (Å²) in [5.74, 6) is 0.949. The van der Waals surface area contributed by atoms with Gasteiger partial charge in [0.2, 0.25) is 0 Å². The van der Waals surface area contributed by atoms with Crippen molar-refractivity contribution in [2.24, 2.45) is 10.9 Å². The van der Waals surface area contributed by atoms with E-state index in [0.717, 1.165) is 22.9 Å². The molecule has 1 aliphatic carbocycles. The largest absolute Gasteiger partial charge is 0.358 e. The van der Waals surface area contributed by atoms with Crippen LogP contribution < -0.4 is 5.32 Å². The van der Waals surface area contributed by atoms with E-state index in [4.69, 9.17) is 0 Å². The first-order valence-corrected chi connectivity index (χ1v) is 7.60. The Labute approximate surface area is 105 Å². The van der Waals surface area contributed by atoms with Crippen molar-refractivity contribution < 1.29 is 0 Å². The number of aliphatic imine (C=N–C) groups is 1. The van der Waals surface area contributed by atoms with Gasteiger partial charge in [0.25, 0.3) is 0 Å². The summed E-state index contributed by atoms with van der Waals surface area (Å²) in [6, 6.07) is 4.68. The number of thiophene rings is 1. The lowest BCUT2D eigenvalue weighted by atomic mass is 10.3. The second kappa shape index (κ2) is 4.41. The minimum Gasteiger partial charge on any atom is -0.358 e. The SMILES string of the molecule is CC(NC1=NCC(C2CC2)S1)c1cccs1. The van der Waals surface area contributed by atoms with Crippen LogP contribution in [0.15, 0.2) is 22.5 Å². The lowest BCUT2D eigenvalue weighted by Crippen LogP contribution is -2.22. The molecule has 1 aliphatic heterocycles. The van der Waals surface area contributed by atoms with Crippen molar-refractivity contribution in [3.05, 3.63) is 22.4 Å². The fourth-order valence-corrected chi connectivity index (χ4v) is 4.01. The van der Waals surface area contributed by atoms with E-state index >= 15 is 0 Å². The first kappa shape index (κ1) is 10.7. The zero-order chi connectivity index (χ0) is 11.0. The fraction of sp³-hybridized carbons (Fsp3) is 0.583. The number of hydrogen-bond acceptors (Lipinski definition) is 4. The van der Waals surface area contributed by atoms with Gasteiger partial charge < -0.3 is 5.32 Å². The summed E-state index contributed by atoms with van der Waals surface area (Å²) in [5, 5.41) is 7.56. The van der Waals surface area contributed by atoms with Crippen molar-refractivity contribution in [3.8, 4) is 0 Å². The molecule has 2 nitrogen and oxygen atoms in total. The van der Waals surface area contributed by atoms with E-state index in [9.17, 15) is 0 Å². The molecule has 0 radical (unpaired) electrons. The minimum absolute atomic E-state index is 0.393. The maximum absolute atomic E-state index is 4.60. The molecular formula is C12H16N2S2. The van der Waals surface area contributed by atoms with E-state index in [0.29, 0.717) is 6.04 Å². The van der Waals surface area contributed by atoms with Crippen LogP contribution in [0.4, 0.5) is 0 Å². The molecule has 1 aromatic rings. The van der Waals surface area contributed by atoms with E-state index in [2.05, 4.69) is 34.7 Å². The topological polar surface area (TPSA) is 24.4 Å². The highest BCUT2D eigenvalue weighted by molar-refractivity contribution is 8.14.